The van der Waals surface area contributed by atoms with Crippen LogP contribution in [0.15, 0.2) is 18.2 Å². The van der Waals surface area contributed by atoms with E-state index in [1.54, 1.807) is 28.7 Å². The third kappa shape index (κ3) is 7.04. The van der Waals surface area contributed by atoms with Gasteiger partial charge in [0.2, 0.25) is 5.91 Å². The number of para-hydroxylation sites is 1. The molecule has 1 aliphatic heterocycles. The fraction of sp³-hybridized carbons (Fsp3) is 0.609. The molecule has 1 aliphatic rings. The quantitative estimate of drug-likeness (QED) is 0.469. The molecule has 2 aromatic rings. The summed E-state index contributed by atoms with van der Waals surface area (Å²) < 4.78 is 21.5. The molecule has 1 saturated heterocycles. The summed E-state index contributed by atoms with van der Waals surface area (Å²) in [5.74, 6) is -0.913. The fourth-order valence-electron chi connectivity index (χ4n) is 4.33. The number of nitrogens with two attached hydrogens (primary N) is 1. The van der Waals surface area contributed by atoms with Gasteiger partial charge in [0.05, 0.1) is 11.4 Å². The summed E-state index contributed by atoms with van der Waals surface area (Å²) in [5.41, 5.74) is 6.34. The minimum atomic E-state index is -0.399. The van der Waals surface area contributed by atoms with Gasteiger partial charge in [-0.3, -0.25) is 9.59 Å². The highest BCUT2D eigenvalue weighted by molar-refractivity contribution is 5.95. The summed E-state index contributed by atoms with van der Waals surface area (Å²) in [6.07, 6.45) is 2.02. The number of aryl methyl sites for hydroxylation is 1. The van der Waals surface area contributed by atoms with E-state index in [1.165, 1.54) is 6.07 Å². The lowest BCUT2D eigenvalue weighted by molar-refractivity contribution is -0.122. The molecule has 0 spiro atoms. The highest BCUT2D eigenvalue weighted by Gasteiger charge is 2.34. The number of primary amides is 1. The van der Waals surface area contributed by atoms with Crippen molar-refractivity contribution in [3.8, 4) is 0 Å². The lowest BCUT2D eigenvalue weighted by Gasteiger charge is -2.38. The molecule has 2 atom stereocenters. The SMILES string of the molecule is COCCCCn1c(C(=O)N(CC(C)C)[C@@H]2CNC[C@H](C(N)=O)C2)nc2cccc(F)c21.Cl.Cl. The maximum Gasteiger partial charge on any atom is 0.290 e. The van der Waals surface area contributed by atoms with Crippen molar-refractivity contribution >= 4 is 47.7 Å². The molecule has 0 radical (unpaired) electrons. The minimum absolute atomic E-state index is 0. The van der Waals surface area contributed by atoms with Crippen LogP contribution in [0.25, 0.3) is 11.0 Å². The van der Waals surface area contributed by atoms with Gasteiger partial charge in [0.1, 0.15) is 11.3 Å². The van der Waals surface area contributed by atoms with Gasteiger partial charge in [-0.1, -0.05) is 19.9 Å². The number of nitrogens with one attached hydrogen (secondary N) is 1. The Bertz CT molecular complexity index is 956. The van der Waals surface area contributed by atoms with Crippen molar-refractivity contribution in [2.45, 2.75) is 45.7 Å². The van der Waals surface area contributed by atoms with E-state index >= 15 is 0 Å². The molecule has 1 aromatic carbocycles. The molecule has 1 aromatic heterocycles. The van der Waals surface area contributed by atoms with Crippen molar-refractivity contribution in [1.82, 2.24) is 19.8 Å². The smallest absolute Gasteiger partial charge is 0.290 e. The number of amides is 2. The summed E-state index contributed by atoms with van der Waals surface area (Å²) in [6, 6.07) is 4.52. The predicted octanol–water partition coefficient (Wildman–Crippen LogP) is 3.01. The zero-order chi connectivity index (χ0) is 23.3. The van der Waals surface area contributed by atoms with Gasteiger partial charge in [-0.05, 0) is 37.3 Å². The van der Waals surface area contributed by atoms with Gasteiger partial charge in [-0.15, -0.1) is 24.8 Å². The summed E-state index contributed by atoms with van der Waals surface area (Å²) in [4.78, 5) is 31.9. The molecule has 34 heavy (non-hydrogen) atoms. The summed E-state index contributed by atoms with van der Waals surface area (Å²) in [5, 5.41) is 3.23. The number of hydrogen-bond donors (Lipinski definition) is 2. The van der Waals surface area contributed by atoms with Crippen LogP contribution < -0.4 is 11.1 Å². The molecule has 8 nitrogen and oxygen atoms in total. The van der Waals surface area contributed by atoms with Gasteiger partial charge in [0.25, 0.3) is 5.91 Å². The monoisotopic (exact) mass is 519 g/mol. The molecule has 2 heterocycles. The lowest BCUT2D eigenvalue weighted by Crippen LogP contribution is -2.54. The standard InChI is InChI=1S/C23H34FN5O3.2ClH/c1-15(2)14-29(17-11-16(21(25)30)12-26-13-17)23(31)22-27-19-8-6-7-18(24)20(19)28(22)9-4-5-10-32-3;;/h6-8,15-17,26H,4-5,9-14H2,1-3H3,(H2,25,30);2*1H/t16-,17+;;/m1../s1. The van der Waals surface area contributed by atoms with Crippen molar-refractivity contribution < 1.29 is 18.7 Å². The molecule has 2 amide bonds. The van der Waals surface area contributed by atoms with Crippen LogP contribution in [-0.2, 0) is 16.1 Å². The van der Waals surface area contributed by atoms with Gasteiger partial charge in [-0.25, -0.2) is 9.37 Å². The number of benzene rings is 1. The topological polar surface area (TPSA) is 102 Å². The molecule has 0 aliphatic carbocycles. The van der Waals surface area contributed by atoms with E-state index in [2.05, 4.69) is 10.3 Å². The number of carbonyl (C=O) groups excluding carboxylic acids is 2. The third-order valence-electron chi connectivity index (χ3n) is 5.88. The van der Waals surface area contributed by atoms with E-state index in [-0.39, 0.29) is 60.3 Å². The van der Waals surface area contributed by atoms with Crippen molar-refractivity contribution in [3.63, 3.8) is 0 Å². The lowest BCUT2D eigenvalue weighted by atomic mass is 9.93. The molecule has 3 N–H and O–H groups in total. The van der Waals surface area contributed by atoms with Crippen molar-refractivity contribution in [3.05, 3.63) is 29.8 Å². The molecule has 3 rings (SSSR count). The molecule has 0 saturated carbocycles. The number of ether oxygens (including phenoxy) is 1. The average Bonchev–Trinajstić information content (AvgIpc) is 3.14. The zero-order valence-electron chi connectivity index (χ0n) is 20.0. The second kappa shape index (κ2) is 13.8. The molecular formula is C23H36Cl2FN5O3. The Labute approximate surface area is 212 Å². The zero-order valence-corrected chi connectivity index (χ0v) is 21.6. The first-order valence-corrected chi connectivity index (χ1v) is 11.3. The summed E-state index contributed by atoms with van der Waals surface area (Å²) in [6.45, 7) is 6.73. The number of aromatic nitrogens is 2. The fourth-order valence-corrected chi connectivity index (χ4v) is 4.33. The Hall–Kier alpha value is -1.94. The van der Waals surface area contributed by atoms with Crippen molar-refractivity contribution in [2.75, 3.05) is 33.4 Å². The Kier molecular flexibility index (Phi) is 12.2. The highest BCUT2D eigenvalue weighted by atomic mass is 35.5. The van der Waals surface area contributed by atoms with Crippen molar-refractivity contribution in [2.24, 2.45) is 17.6 Å². The minimum Gasteiger partial charge on any atom is -0.385 e. The molecule has 0 unspecified atom stereocenters. The predicted molar refractivity (Wildman–Crippen MR) is 135 cm³/mol. The van der Waals surface area contributed by atoms with Gasteiger partial charge < -0.3 is 25.3 Å². The first-order valence-electron chi connectivity index (χ1n) is 11.3. The van der Waals surface area contributed by atoms with E-state index in [4.69, 9.17) is 10.5 Å². The average molecular weight is 520 g/mol. The maximum atomic E-state index is 14.7. The van der Waals surface area contributed by atoms with Crippen LogP contribution in [-0.4, -0.2) is 65.7 Å². The van der Waals surface area contributed by atoms with E-state index < -0.39 is 5.82 Å². The van der Waals surface area contributed by atoms with E-state index in [9.17, 15) is 14.0 Å². The Morgan fingerprint density at radius 3 is 2.68 bits per heavy atom. The number of nitrogens with zero attached hydrogens (tertiary/aromatic N) is 3. The number of methoxy groups -OCH3 is 1. The van der Waals surface area contributed by atoms with Crippen LogP contribution in [0, 0.1) is 17.7 Å². The van der Waals surface area contributed by atoms with Crippen LogP contribution in [0.3, 0.4) is 0 Å². The van der Waals surface area contributed by atoms with Crippen LogP contribution >= 0.6 is 24.8 Å². The number of carbonyl (C=O) groups is 2. The Morgan fingerprint density at radius 2 is 2.03 bits per heavy atom. The Balaban J connectivity index is 0.00000289. The molecule has 192 valence electrons. The number of rotatable bonds is 10. The first kappa shape index (κ1) is 30.1. The van der Waals surface area contributed by atoms with Crippen LogP contribution in [0.5, 0.6) is 0 Å². The highest BCUT2D eigenvalue weighted by Crippen LogP contribution is 2.24. The Morgan fingerprint density at radius 1 is 1.29 bits per heavy atom. The summed E-state index contributed by atoms with van der Waals surface area (Å²) in [7, 11) is 1.64. The van der Waals surface area contributed by atoms with Gasteiger partial charge in [0, 0.05) is 45.9 Å². The molecular weight excluding hydrogens is 484 g/mol. The number of hydrogen-bond acceptors (Lipinski definition) is 5. The number of fused-ring (bicyclic) bond motifs is 1. The maximum absolute atomic E-state index is 14.7. The van der Waals surface area contributed by atoms with Crippen LogP contribution in [0.1, 0.15) is 43.7 Å². The van der Waals surface area contributed by atoms with Crippen LogP contribution in [0.2, 0.25) is 0 Å². The number of imidazole rings is 1. The van der Waals surface area contributed by atoms with Crippen molar-refractivity contribution in [1.29, 1.82) is 0 Å². The van der Waals surface area contributed by atoms with E-state index in [1.807, 2.05) is 13.8 Å². The van der Waals surface area contributed by atoms with Crippen LogP contribution in [0.4, 0.5) is 4.39 Å². The number of unbranched alkanes of at least 4 members (excludes halogenated alkanes) is 1. The largest absolute Gasteiger partial charge is 0.385 e. The number of halogens is 3. The van der Waals surface area contributed by atoms with E-state index in [0.717, 1.165) is 12.8 Å². The second-order valence-corrected chi connectivity index (χ2v) is 8.89. The molecule has 11 heteroatoms. The van der Waals surface area contributed by atoms with Gasteiger partial charge in [-0.2, -0.15) is 0 Å². The van der Waals surface area contributed by atoms with Gasteiger partial charge in [0.15, 0.2) is 5.82 Å². The normalized spacial score (nSPS) is 17.8. The van der Waals surface area contributed by atoms with Gasteiger partial charge >= 0.3 is 0 Å². The van der Waals surface area contributed by atoms with E-state index in [0.29, 0.717) is 50.2 Å². The first-order chi connectivity index (χ1) is 15.3. The molecule has 0 bridgehead atoms. The number of piperidine rings is 1. The molecule has 1 fully saturated rings. The third-order valence-corrected chi connectivity index (χ3v) is 5.88. The summed E-state index contributed by atoms with van der Waals surface area (Å²) >= 11 is 0. The second-order valence-electron chi connectivity index (χ2n) is 8.89.